The highest BCUT2D eigenvalue weighted by Gasteiger charge is 2.35. The molecule has 0 spiro atoms. The molecule has 8 atom stereocenters. The fourth-order valence-corrected chi connectivity index (χ4v) is 7.48. The van der Waals surface area contributed by atoms with Gasteiger partial charge in [0.05, 0.1) is 38.1 Å². The van der Waals surface area contributed by atoms with E-state index in [2.05, 4.69) is 35.0 Å². The average Bonchev–Trinajstić information content (AvgIpc) is 3.20. The minimum atomic E-state index is -4.90. The van der Waals surface area contributed by atoms with Crippen LogP contribution in [0.5, 0.6) is 0 Å². The maximum absolute atomic E-state index is 12.8. The van der Waals surface area contributed by atoms with Crippen LogP contribution in [0.3, 0.4) is 0 Å². The van der Waals surface area contributed by atoms with E-state index in [9.17, 15) is 44.0 Å². The van der Waals surface area contributed by atoms with Gasteiger partial charge >= 0.3 is 27.6 Å². The number of phosphoric acid groups is 2. The van der Waals surface area contributed by atoms with Gasteiger partial charge < -0.3 is 49.3 Å². The van der Waals surface area contributed by atoms with Crippen LogP contribution in [0.15, 0.2) is 36.5 Å². The van der Waals surface area contributed by atoms with E-state index in [1.165, 1.54) is 25.7 Å². The fraction of sp³-hybridized carbons (Fsp3) is 0.810. The number of allylic oxidation sites excluding steroid dienone is 4. The third-order valence-corrected chi connectivity index (χ3v) is 11.2. The lowest BCUT2D eigenvalue weighted by Gasteiger charge is -2.36. The van der Waals surface area contributed by atoms with E-state index in [0.29, 0.717) is 32.1 Å². The van der Waals surface area contributed by atoms with Gasteiger partial charge in [0.2, 0.25) is 0 Å². The predicted octanol–water partition coefficient (Wildman–Crippen LogP) is 7.00. The Bertz CT molecular complexity index is 1340. The van der Waals surface area contributed by atoms with E-state index in [0.717, 1.165) is 57.8 Å². The number of unbranched alkanes of at least 4 members (excludes halogenated alkanes) is 12. The number of carbonyl (C=O) groups is 2. The first-order chi connectivity index (χ1) is 29.0. The molecule has 0 radical (unpaired) electrons. The van der Waals surface area contributed by atoms with Crippen molar-refractivity contribution in [2.75, 3.05) is 26.4 Å². The van der Waals surface area contributed by atoms with Gasteiger partial charge in [0.1, 0.15) is 12.7 Å². The quantitative estimate of drug-likeness (QED) is 0.0143. The van der Waals surface area contributed by atoms with Crippen molar-refractivity contribution < 1.29 is 81.6 Å². The van der Waals surface area contributed by atoms with E-state index in [1.807, 2.05) is 12.2 Å². The number of phosphoric ester groups is 2. The van der Waals surface area contributed by atoms with Crippen LogP contribution in [0, 0.1) is 5.92 Å². The lowest BCUT2D eigenvalue weighted by atomic mass is 9.87. The van der Waals surface area contributed by atoms with Crippen molar-refractivity contribution in [1.82, 2.24) is 0 Å². The number of carbonyl (C=O) groups excluding carboxylic acids is 2. The molecule has 0 aromatic rings. The first-order valence-electron chi connectivity index (χ1n) is 22.1. The minimum Gasteiger partial charge on any atom is -0.462 e. The second-order valence-electron chi connectivity index (χ2n) is 15.5. The number of rotatable bonds is 37. The van der Waals surface area contributed by atoms with E-state index in [1.54, 1.807) is 12.2 Å². The van der Waals surface area contributed by atoms with Crippen molar-refractivity contribution in [3.63, 3.8) is 0 Å². The van der Waals surface area contributed by atoms with Crippen LogP contribution in [-0.4, -0.2) is 110 Å². The second kappa shape index (κ2) is 34.6. The molecule has 1 fully saturated rings. The topological polar surface area (TPSA) is 265 Å². The molecule has 17 nitrogen and oxygen atoms in total. The van der Waals surface area contributed by atoms with Crippen LogP contribution < -0.4 is 0 Å². The standard InChI is InChI=1S/C42H76O17P2/c1-3-5-7-8-9-10-11-12-13-14-15-16-21-25-40(46)54-32-36(33-57-61(52,53)56-31-35(44)30-55-60(49,50)51)58-41(47)26-22-18-17-20-24-37-38(45)29-42(48)59-39(37)28-27-34(43)23-19-6-4-2/h10-11,17,20,27-28,34-39,42-45,48H,3-9,12-16,18-19,21-26,29-33H2,1-2H3,(H,52,53)(H2,49,50,51)/b11-10-,20-17-,28-27+/t34-,35-,36+,37-,38-,39+,42?/m0/s1. The Morgan fingerprint density at radius 1 is 0.705 bits per heavy atom. The van der Waals surface area contributed by atoms with Crippen LogP contribution in [0.2, 0.25) is 0 Å². The molecular weight excluding hydrogens is 838 g/mol. The van der Waals surface area contributed by atoms with Gasteiger partial charge in [-0.05, 0) is 57.8 Å². The number of aliphatic hydroxyl groups is 4. The molecule has 61 heavy (non-hydrogen) atoms. The Balaban J connectivity index is 2.63. The highest BCUT2D eigenvalue weighted by molar-refractivity contribution is 7.47. The normalized spacial score (nSPS) is 21.2. The molecule has 1 aliphatic rings. The fourth-order valence-electron chi connectivity index (χ4n) is 6.32. The number of esters is 2. The zero-order chi connectivity index (χ0) is 45.4. The smallest absolute Gasteiger partial charge is 0.462 e. The van der Waals surface area contributed by atoms with Crippen molar-refractivity contribution in [2.45, 2.75) is 185 Å². The van der Waals surface area contributed by atoms with Crippen molar-refractivity contribution in [3.05, 3.63) is 36.5 Å². The molecule has 0 aromatic heterocycles. The largest absolute Gasteiger partial charge is 0.472 e. The molecule has 356 valence electrons. The maximum atomic E-state index is 12.8. The Hall–Kier alpha value is -1.82. The van der Waals surface area contributed by atoms with Gasteiger partial charge in [-0.15, -0.1) is 0 Å². The van der Waals surface area contributed by atoms with Crippen LogP contribution in [0.4, 0.5) is 0 Å². The summed E-state index contributed by atoms with van der Waals surface area (Å²) in [4.78, 5) is 52.9. The molecule has 7 N–H and O–H groups in total. The lowest BCUT2D eigenvalue weighted by molar-refractivity contribution is -0.199. The highest BCUT2D eigenvalue weighted by Crippen LogP contribution is 2.44. The van der Waals surface area contributed by atoms with Gasteiger partial charge in [0, 0.05) is 25.2 Å². The zero-order valence-electron chi connectivity index (χ0n) is 36.3. The minimum absolute atomic E-state index is 0.0553. The van der Waals surface area contributed by atoms with Gasteiger partial charge in [-0.1, -0.05) is 108 Å². The summed E-state index contributed by atoms with van der Waals surface area (Å²) in [6.07, 6.45) is 21.8. The SMILES string of the molecule is CCCCCC/C=C\CCCCCCCC(=O)OC[C@H](COP(=O)(O)OC[C@@H](O)COP(=O)(O)O)OC(=O)CCC/C=C\C[C@H]1[C@@H](O)CC(O)O[C@@H]1/C=C/[C@@H](O)CCCCC. The number of hydrogen-bond acceptors (Lipinski definition) is 14. The summed E-state index contributed by atoms with van der Waals surface area (Å²) in [5.74, 6) is -1.61. The Kier molecular flexibility index (Phi) is 32.4. The van der Waals surface area contributed by atoms with E-state index in [4.69, 9.17) is 28.5 Å². The summed E-state index contributed by atoms with van der Waals surface area (Å²) in [6.45, 7) is 1.31. The number of hydrogen-bond donors (Lipinski definition) is 7. The van der Waals surface area contributed by atoms with Crippen molar-refractivity contribution in [2.24, 2.45) is 5.92 Å². The molecule has 0 bridgehead atoms. The monoisotopic (exact) mass is 914 g/mol. The summed E-state index contributed by atoms with van der Waals surface area (Å²) in [6, 6.07) is 0. The van der Waals surface area contributed by atoms with Crippen molar-refractivity contribution in [1.29, 1.82) is 0 Å². The molecular formula is C42H76O17P2. The summed E-state index contributed by atoms with van der Waals surface area (Å²) < 4.78 is 53.4. The van der Waals surface area contributed by atoms with Gasteiger partial charge in [-0.3, -0.25) is 23.2 Å². The third-order valence-electron chi connectivity index (χ3n) is 9.79. The third kappa shape index (κ3) is 32.5. The van der Waals surface area contributed by atoms with Crippen LogP contribution in [0.25, 0.3) is 0 Å². The number of ether oxygens (including phenoxy) is 3. The Morgan fingerprint density at radius 2 is 1.28 bits per heavy atom. The summed E-state index contributed by atoms with van der Waals surface area (Å²) >= 11 is 0. The van der Waals surface area contributed by atoms with E-state index in [-0.39, 0.29) is 25.2 Å². The molecule has 1 rings (SSSR count). The van der Waals surface area contributed by atoms with E-state index >= 15 is 0 Å². The zero-order valence-corrected chi connectivity index (χ0v) is 38.1. The van der Waals surface area contributed by atoms with Gasteiger partial charge in [-0.25, -0.2) is 9.13 Å². The second-order valence-corrected chi connectivity index (χ2v) is 18.2. The van der Waals surface area contributed by atoms with Gasteiger partial charge in [0.25, 0.3) is 0 Å². The summed E-state index contributed by atoms with van der Waals surface area (Å²) in [5, 5.41) is 40.7. The highest BCUT2D eigenvalue weighted by atomic mass is 31.2. The molecule has 0 amide bonds. The average molecular weight is 915 g/mol. The predicted molar refractivity (Wildman–Crippen MR) is 229 cm³/mol. The van der Waals surface area contributed by atoms with Crippen LogP contribution >= 0.6 is 15.6 Å². The lowest BCUT2D eigenvalue weighted by Crippen LogP contribution is -2.43. The summed E-state index contributed by atoms with van der Waals surface area (Å²) in [5.41, 5.74) is 0. The molecule has 2 unspecified atom stereocenters. The summed E-state index contributed by atoms with van der Waals surface area (Å²) in [7, 11) is -9.79. The van der Waals surface area contributed by atoms with Crippen molar-refractivity contribution >= 4 is 27.6 Å². The molecule has 1 aliphatic heterocycles. The first-order valence-corrected chi connectivity index (χ1v) is 25.1. The Morgan fingerprint density at radius 3 is 1.97 bits per heavy atom. The van der Waals surface area contributed by atoms with E-state index < -0.39 is 90.8 Å². The number of aliphatic hydroxyl groups excluding tert-OH is 4. The van der Waals surface area contributed by atoms with Gasteiger partial charge in [-0.2, -0.15) is 0 Å². The first kappa shape index (κ1) is 57.2. The molecule has 1 heterocycles. The molecule has 1 saturated heterocycles. The Labute approximate surface area is 362 Å². The molecule has 0 aromatic carbocycles. The molecule has 0 aliphatic carbocycles. The van der Waals surface area contributed by atoms with Crippen LogP contribution in [-0.2, 0) is 46.5 Å². The van der Waals surface area contributed by atoms with Crippen molar-refractivity contribution in [3.8, 4) is 0 Å². The van der Waals surface area contributed by atoms with Gasteiger partial charge in [0.15, 0.2) is 12.4 Å². The molecule has 0 saturated carbocycles. The van der Waals surface area contributed by atoms with Crippen LogP contribution in [0.1, 0.15) is 149 Å². The molecule has 19 heteroatoms. The maximum Gasteiger partial charge on any atom is 0.472 e.